The lowest BCUT2D eigenvalue weighted by Crippen LogP contribution is -2.31. The second-order valence-corrected chi connectivity index (χ2v) is 4.72. The van der Waals surface area contributed by atoms with Crippen LogP contribution < -0.4 is 11.1 Å². The summed E-state index contributed by atoms with van der Waals surface area (Å²) in [6.45, 7) is 2.62. The molecule has 19 heavy (non-hydrogen) atoms. The molecule has 0 aliphatic carbocycles. The number of hydrogen-bond donors (Lipinski definition) is 3. The van der Waals surface area contributed by atoms with Gasteiger partial charge >= 0.3 is 0 Å². The van der Waals surface area contributed by atoms with Gasteiger partial charge in [0, 0.05) is 18.3 Å². The van der Waals surface area contributed by atoms with E-state index in [0.717, 1.165) is 16.8 Å². The monoisotopic (exact) mass is 256 g/mol. The number of rotatable bonds is 5. The second kappa shape index (κ2) is 6.36. The summed E-state index contributed by atoms with van der Waals surface area (Å²) in [7, 11) is 0. The normalized spacial score (nSPS) is 14.0. The third-order valence-corrected chi connectivity index (χ3v) is 3.28. The van der Waals surface area contributed by atoms with E-state index in [1.54, 1.807) is 0 Å². The van der Waals surface area contributed by atoms with E-state index in [1.165, 1.54) is 0 Å². The summed E-state index contributed by atoms with van der Waals surface area (Å²) in [4.78, 5) is 0. The SMILES string of the molecule is CC(NCc1ccccc1N)C(O)c1ccccc1. The predicted molar refractivity (Wildman–Crippen MR) is 78.6 cm³/mol. The van der Waals surface area contributed by atoms with Gasteiger partial charge in [-0.25, -0.2) is 0 Å². The molecule has 2 aromatic rings. The predicted octanol–water partition coefficient (Wildman–Crippen LogP) is 2.48. The molecule has 0 bridgehead atoms. The number of aliphatic hydroxyl groups excluding tert-OH is 1. The van der Waals surface area contributed by atoms with Crippen LogP contribution in [-0.2, 0) is 6.54 Å². The minimum absolute atomic E-state index is 0.0398. The van der Waals surface area contributed by atoms with Crippen LogP contribution in [0, 0.1) is 0 Å². The Hall–Kier alpha value is -1.84. The van der Waals surface area contributed by atoms with Crippen LogP contribution in [0.3, 0.4) is 0 Å². The van der Waals surface area contributed by atoms with E-state index in [-0.39, 0.29) is 6.04 Å². The van der Waals surface area contributed by atoms with Crippen LogP contribution >= 0.6 is 0 Å². The molecule has 0 amide bonds. The van der Waals surface area contributed by atoms with Crippen LogP contribution in [0.5, 0.6) is 0 Å². The van der Waals surface area contributed by atoms with Gasteiger partial charge in [-0.05, 0) is 24.1 Å². The molecule has 0 aliphatic heterocycles. The van der Waals surface area contributed by atoms with Crippen molar-refractivity contribution in [1.82, 2.24) is 5.32 Å². The Morgan fingerprint density at radius 3 is 2.37 bits per heavy atom. The number of nitrogens with two attached hydrogens (primary N) is 1. The molecule has 0 radical (unpaired) electrons. The van der Waals surface area contributed by atoms with Crippen molar-refractivity contribution in [2.45, 2.75) is 25.6 Å². The Bertz CT molecular complexity index is 513. The van der Waals surface area contributed by atoms with Gasteiger partial charge in [0.25, 0.3) is 0 Å². The van der Waals surface area contributed by atoms with E-state index < -0.39 is 6.10 Å². The van der Waals surface area contributed by atoms with Gasteiger partial charge in [0.05, 0.1) is 6.10 Å². The maximum absolute atomic E-state index is 10.2. The number of hydrogen-bond acceptors (Lipinski definition) is 3. The molecular weight excluding hydrogens is 236 g/mol. The van der Waals surface area contributed by atoms with Gasteiger partial charge in [-0.15, -0.1) is 0 Å². The highest BCUT2D eigenvalue weighted by Gasteiger charge is 2.15. The number of para-hydroxylation sites is 1. The van der Waals surface area contributed by atoms with Crippen molar-refractivity contribution < 1.29 is 5.11 Å². The van der Waals surface area contributed by atoms with E-state index in [1.807, 2.05) is 61.5 Å². The van der Waals surface area contributed by atoms with Gasteiger partial charge in [-0.3, -0.25) is 0 Å². The van der Waals surface area contributed by atoms with E-state index in [4.69, 9.17) is 5.73 Å². The Morgan fingerprint density at radius 2 is 1.68 bits per heavy atom. The summed E-state index contributed by atoms with van der Waals surface area (Å²) in [5.74, 6) is 0. The fourth-order valence-electron chi connectivity index (χ4n) is 2.02. The molecule has 2 atom stereocenters. The minimum Gasteiger partial charge on any atom is -0.398 e. The molecule has 0 aliphatic rings. The highest BCUT2D eigenvalue weighted by molar-refractivity contribution is 5.46. The zero-order valence-corrected chi connectivity index (χ0v) is 11.1. The topological polar surface area (TPSA) is 58.3 Å². The van der Waals surface area contributed by atoms with Crippen molar-refractivity contribution in [3.63, 3.8) is 0 Å². The fraction of sp³-hybridized carbons (Fsp3) is 0.250. The van der Waals surface area contributed by atoms with Crippen molar-refractivity contribution in [1.29, 1.82) is 0 Å². The molecule has 0 aromatic heterocycles. The van der Waals surface area contributed by atoms with Crippen LogP contribution in [0.15, 0.2) is 54.6 Å². The molecule has 2 unspecified atom stereocenters. The molecule has 0 heterocycles. The third-order valence-electron chi connectivity index (χ3n) is 3.28. The van der Waals surface area contributed by atoms with Gasteiger partial charge < -0.3 is 16.2 Å². The molecule has 100 valence electrons. The first-order valence-corrected chi connectivity index (χ1v) is 6.48. The summed E-state index contributed by atoms with van der Waals surface area (Å²) in [6.07, 6.45) is -0.522. The second-order valence-electron chi connectivity index (χ2n) is 4.72. The molecule has 0 saturated carbocycles. The summed E-state index contributed by atoms with van der Waals surface area (Å²) in [5, 5.41) is 13.6. The van der Waals surface area contributed by atoms with Gasteiger partial charge in [0.1, 0.15) is 0 Å². The van der Waals surface area contributed by atoms with Crippen LogP contribution in [0.4, 0.5) is 5.69 Å². The van der Waals surface area contributed by atoms with E-state index in [9.17, 15) is 5.11 Å². The zero-order valence-electron chi connectivity index (χ0n) is 11.1. The molecule has 3 nitrogen and oxygen atoms in total. The van der Waals surface area contributed by atoms with Crippen LogP contribution in [0.25, 0.3) is 0 Å². The number of anilines is 1. The van der Waals surface area contributed by atoms with E-state index in [2.05, 4.69) is 5.32 Å². The molecule has 3 heteroatoms. The average molecular weight is 256 g/mol. The summed E-state index contributed by atoms with van der Waals surface area (Å²) < 4.78 is 0. The first kappa shape index (κ1) is 13.6. The van der Waals surface area contributed by atoms with Gasteiger partial charge in [-0.1, -0.05) is 48.5 Å². The van der Waals surface area contributed by atoms with E-state index in [0.29, 0.717) is 6.54 Å². The van der Waals surface area contributed by atoms with Crippen molar-refractivity contribution in [3.05, 3.63) is 65.7 Å². The molecule has 0 fully saturated rings. The standard InChI is InChI=1S/C16H20N2O/c1-12(16(19)13-7-3-2-4-8-13)18-11-14-9-5-6-10-15(14)17/h2-10,12,16,18-19H,11,17H2,1H3. The lowest BCUT2D eigenvalue weighted by Gasteiger charge is -2.21. The lowest BCUT2D eigenvalue weighted by atomic mass is 10.0. The average Bonchev–Trinajstić information content (AvgIpc) is 2.46. The van der Waals surface area contributed by atoms with Gasteiger partial charge in [0.15, 0.2) is 0 Å². The zero-order chi connectivity index (χ0) is 13.7. The summed E-state index contributed by atoms with van der Waals surface area (Å²) in [5.41, 5.74) is 8.64. The van der Waals surface area contributed by atoms with Gasteiger partial charge in [0.2, 0.25) is 0 Å². The largest absolute Gasteiger partial charge is 0.398 e. The lowest BCUT2D eigenvalue weighted by molar-refractivity contribution is 0.135. The number of benzene rings is 2. The molecule has 0 spiro atoms. The molecule has 0 saturated heterocycles. The highest BCUT2D eigenvalue weighted by atomic mass is 16.3. The van der Waals surface area contributed by atoms with Crippen LogP contribution in [0.1, 0.15) is 24.2 Å². The highest BCUT2D eigenvalue weighted by Crippen LogP contribution is 2.17. The maximum atomic E-state index is 10.2. The van der Waals surface area contributed by atoms with Crippen molar-refractivity contribution in [2.75, 3.05) is 5.73 Å². The Balaban J connectivity index is 1.95. The minimum atomic E-state index is -0.522. The van der Waals surface area contributed by atoms with Gasteiger partial charge in [-0.2, -0.15) is 0 Å². The molecule has 2 aromatic carbocycles. The first-order valence-electron chi connectivity index (χ1n) is 6.48. The molecular formula is C16H20N2O. The third kappa shape index (κ3) is 3.56. The molecule has 4 N–H and O–H groups in total. The Labute approximate surface area is 114 Å². The Morgan fingerprint density at radius 1 is 1.05 bits per heavy atom. The maximum Gasteiger partial charge on any atom is 0.0940 e. The summed E-state index contributed by atoms with van der Waals surface area (Å²) >= 11 is 0. The quantitative estimate of drug-likeness (QED) is 0.720. The molecule has 2 rings (SSSR count). The van der Waals surface area contributed by atoms with Crippen LogP contribution in [-0.4, -0.2) is 11.1 Å². The van der Waals surface area contributed by atoms with Crippen LogP contribution in [0.2, 0.25) is 0 Å². The fourth-order valence-corrected chi connectivity index (χ4v) is 2.02. The Kier molecular flexibility index (Phi) is 4.55. The van der Waals surface area contributed by atoms with Crippen molar-refractivity contribution in [3.8, 4) is 0 Å². The number of nitrogens with one attached hydrogen (secondary N) is 1. The first-order chi connectivity index (χ1) is 9.18. The van der Waals surface area contributed by atoms with Crippen molar-refractivity contribution in [2.24, 2.45) is 0 Å². The number of aliphatic hydroxyl groups is 1. The smallest absolute Gasteiger partial charge is 0.0940 e. The van der Waals surface area contributed by atoms with Crippen molar-refractivity contribution >= 4 is 5.69 Å². The summed E-state index contributed by atoms with van der Waals surface area (Å²) in [6, 6.07) is 17.4. The number of nitrogen functional groups attached to an aromatic ring is 1. The van der Waals surface area contributed by atoms with E-state index >= 15 is 0 Å².